The van der Waals surface area contributed by atoms with Crippen molar-refractivity contribution >= 4 is 22.5 Å². The van der Waals surface area contributed by atoms with E-state index in [1.807, 2.05) is 0 Å². The lowest BCUT2D eigenvalue weighted by atomic mass is 10.2. The van der Waals surface area contributed by atoms with Crippen molar-refractivity contribution in [2.45, 2.75) is 6.54 Å². The summed E-state index contributed by atoms with van der Waals surface area (Å²) in [4.78, 5) is 23.8. The van der Waals surface area contributed by atoms with Gasteiger partial charge in [0.1, 0.15) is 12.4 Å². The number of aromatic nitrogens is 2. The summed E-state index contributed by atoms with van der Waals surface area (Å²) in [6.45, 7) is -0.116. The quantitative estimate of drug-likeness (QED) is 0.806. The zero-order valence-electron chi connectivity index (χ0n) is 11.5. The number of nitrogens with zero attached hydrogens (tertiary/aromatic N) is 2. The number of rotatable bonds is 3. The van der Waals surface area contributed by atoms with Crippen LogP contribution in [0.4, 0.5) is 10.1 Å². The first kappa shape index (κ1) is 13.9. The summed E-state index contributed by atoms with van der Waals surface area (Å²) >= 11 is 0. The topological polar surface area (TPSA) is 64.0 Å². The van der Waals surface area contributed by atoms with Crippen molar-refractivity contribution in [2.24, 2.45) is 0 Å². The molecule has 0 bridgehead atoms. The fourth-order valence-electron chi connectivity index (χ4n) is 2.18. The van der Waals surface area contributed by atoms with Gasteiger partial charge in [-0.15, -0.1) is 0 Å². The molecule has 3 rings (SSSR count). The van der Waals surface area contributed by atoms with Crippen LogP contribution in [0.25, 0.3) is 10.9 Å². The highest BCUT2D eigenvalue weighted by atomic mass is 19.1. The van der Waals surface area contributed by atoms with Gasteiger partial charge in [0, 0.05) is 5.39 Å². The number of halogens is 1. The van der Waals surface area contributed by atoms with Crippen LogP contribution in [0, 0.1) is 5.82 Å². The molecule has 0 saturated carbocycles. The van der Waals surface area contributed by atoms with Crippen LogP contribution in [-0.4, -0.2) is 15.7 Å². The normalized spacial score (nSPS) is 10.6. The van der Waals surface area contributed by atoms with E-state index in [0.717, 1.165) is 0 Å². The zero-order chi connectivity index (χ0) is 15.5. The molecule has 0 spiro atoms. The van der Waals surface area contributed by atoms with Gasteiger partial charge in [-0.05, 0) is 24.3 Å². The molecule has 22 heavy (non-hydrogen) atoms. The standard InChI is InChI=1S/C16H12FN3O2/c17-12-6-2-3-7-13(12)19-16(22)10-20-14-8-4-1-5-11(14)15(21)9-18-20/h1-9H,10H2,(H,19,22). The largest absolute Gasteiger partial charge is 0.322 e. The fraction of sp³-hybridized carbons (Fsp3) is 0.0625. The molecule has 6 heteroatoms. The van der Waals surface area contributed by atoms with Crippen molar-refractivity contribution in [1.82, 2.24) is 9.78 Å². The van der Waals surface area contributed by atoms with Crippen LogP contribution in [0.2, 0.25) is 0 Å². The summed E-state index contributed by atoms with van der Waals surface area (Å²) in [7, 11) is 0. The van der Waals surface area contributed by atoms with E-state index in [1.165, 1.54) is 23.0 Å². The lowest BCUT2D eigenvalue weighted by Gasteiger charge is -2.10. The summed E-state index contributed by atoms with van der Waals surface area (Å²) < 4.78 is 14.9. The molecule has 1 amide bonds. The minimum Gasteiger partial charge on any atom is -0.322 e. The number of nitrogens with one attached hydrogen (secondary N) is 1. The predicted octanol–water partition coefficient (Wildman–Crippen LogP) is 2.17. The SMILES string of the molecule is O=C(Cn1ncc(=O)c2ccccc21)Nc1ccccc1F. The molecule has 0 fully saturated rings. The third-order valence-electron chi connectivity index (χ3n) is 3.20. The number of para-hydroxylation sites is 2. The molecule has 1 aromatic heterocycles. The van der Waals surface area contributed by atoms with Gasteiger partial charge in [0.05, 0.1) is 17.4 Å². The van der Waals surface area contributed by atoms with Crippen LogP contribution < -0.4 is 10.7 Å². The van der Waals surface area contributed by atoms with Gasteiger partial charge in [-0.25, -0.2) is 4.39 Å². The average molecular weight is 297 g/mol. The molecule has 110 valence electrons. The van der Waals surface area contributed by atoms with Gasteiger partial charge in [0.25, 0.3) is 0 Å². The van der Waals surface area contributed by atoms with E-state index >= 15 is 0 Å². The number of fused-ring (bicyclic) bond motifs is 1. The van der Waals surface area contributed by atoms with E-state index in [2.05, 4.69) is 10.4 Å². The Morgan fingerprint density at radius 2 is 1.86 bits per heavy atom. The minimum atomic E-state index is -0.506. The second-order valence-corrected chi connectivity index (χ2v) is 4.71. The Hall–Kier alpha value is -3.02. The maximum atomic E-state index is 13.5. The summed E-state index contributed by atoms with van der Waals surface area (Å²) in [5.74, 6) is -0.931. The summed E-state index contributed by atoms with van der Waals surface area (Å²) in [6.07, 6.45) is 1.17. The number of amides is 1. The van der Waals surface area contributed by atoms with E-state index < -0.39 is 11.7 Å². The van der Waals surface area contributed by atoms with E-state index in [0.29, 0.717) is 10.9 Å². The van der Waals surface area contributed by atoms with Crippen LogP contribution in [0.3, 0.4) is 0 Å². The van der Waals surface area contributed by atoms with Crippen molar-refractivity contribution in [3.05, 3.63) is 70.8 Å². The van der Waals surface area contributed by atoms with Crippen molar-refractivity contribution in [3.63, 3.8) is 0 Å². The molecule has 0 saturated heterocycles. The highest BCUT2D eigenvalue weighted by Gasteiger charge is 2.10. The van der Waals surface area contributed by atoms with Gasteiger partial charge in [-0.1, -0.05) is 24.3 Å². The lowest BCUT2D eigenvalue weighted by Crippen LogP contribution is -2.22. The highest BCUT2D eigenvalue weighted by molar-refractivity contribution is 5.91. The second-order valence-electron chi connectivity index (χ2n) is 4.71. The number of carbonyl (C=O) groups excluding carboxylic acids is 1. The van der Waals surface area contributed by atoms with E-state index in [4.69, 9.17) is 0 Å². The zero-order valence-corrected chi connectivity index (χ0v) is 11.5. The first-order valence-electron chi connectivity index (χ1n) is 6.64. The molecule has 0 unspecified atom stereocenters. The van der Waals surface area contributed by atoms with E-state index in [1.54, 1.807) is 36.4 Å². The molecule has 1 heterocycles. The third-order valence-corrected chi connectivity index (χ3v) is 3.20. The summed E-state index contributed by atoms with van der Waals surface area (Å²) in [5.41, 5.74) is 0.456. The Bertz CT molecular complexity index is 905. The van der Waals surface area contributed by atoms with Crippen LogP contribution in [0.1, 0.15) is 0 Å². The molecule has 5 nitrogen and oxygen atoms in total. The van der Waals surface area contributed by atoms with Gasteiger partial charge >= 0.3 is 0 Å². The van der Waals surface area contributed by atoms with Crippen molar-refractivity contribution in [3.8, 4) is 0 Å². The average Bonchev–Trinajstić information content (AvgIpc) is 2.53. The molecule has 0 radical (unpaired) electrons. The van der Waals surface area contributed by atoms with Crippen molar-refractivity contribution in [1.29, 1.82) is 0 Å². The summed E-state index contributed by atoms with van der Waals surface area (Å²) in [6, 6.07) is 12.8. The van der Waals surface area contributed by atoms with Gasteiger partial charge in [-0.3, -0.25) is 14.3 Å². The molecule has 1 N–H and O–H groups in total. The Morgan fingerprint density at radius 3 is 2.68 bits per heavy atom. The number of carbonyl (C=O) groups is 1. The Kier molecular flexibility index (Phi) is 3.65. The first-order chi connectivity index (χ1) is 10.6. The van der Waals surface area contributed by atoms with Crippen LogP contribution in [-0.2, 0) is 11.3 Å². The third kappa shape index (κ3) is 2.71. The maximum absolute atomic E-state index is 13.5. The molecule has 0 aliphatic rings. The molecular formula is C16H12FN3O2. The van der Waals surface area contributed by atoms with Crippen molar-refractivity contribution in [2.75, 3.05) is 5.32 Å². The lowest BCUT2D eigenvalue weighted by molar-refractivity contribution is -0.116. The van der Waals surface area contributed by atoms with Crippen LogP contribution >= 0.6 is 0 Å². The molecular weight excluding hydrogens is 285 g/mol. The monoisotopic (exact) mass is 297 g/mol. The molecule has 0 aliphatic carbocycles. The van der Waals surface area contributed by atoms with Gasteiger partial charge in [-0.2, -0.15) is 5.10 Å². The van der Waals surface area contributed by atoms with Crippen molar-refractivity contribution < 1.29 is 9.18 Å². The molecule has 0 aliphatic heterocycles. The summed E-state index contributed by atoms with van der Waals surface area (Å²) in [5, 5.41) is 6.93. The molecule has 2 aromatic carbocycles. The fourth-order valence-corrected chi connectivity index (χ4v) is 2.18. The Balaban J connectivity index is 1.88. The van der Waals surface area contributed by atoms with Gasteiger partial charge in [0.2, 0.25) is 11.3 Å². The van der Waals surface area contributed by atoms with E-state index in [-0.39, 0.29) is 17.7 Å². The molecule has 0 atom stereocenters. The number of hydrogen-bond donors (Lipinski definition) is 1. The first-order valence-corrected chi connectivity index (χ1v) is 6.64. The van der Waals surface area contributed by atoms with Crippen LogP contribution in [0.5, 0.6) is 0 Å². The Morgan fingerprint density at radius 1 is 1.14 bits per heavy atom. The van der Waals surface area contributed by atoms with Gasteiger partial charge in [0.15, 0.2) is 0 Å². The van der Waals surface area contributed by atoms with Crippen LogP contribution in [0.15, 0.2) is 59.5 Å². The van der Waals surface area contributed by atoms with E-state index in [9.17, 15) is 14.0 Å². The minimum absolute atomic E-state index is 0.109. The Labute approximate surface area is 125 Å². The number of hydrogen-bond acceptors (Lipinski definition) is 3. The number of benzene rings is 2. The maximum Gasteiger partial charge on any atom is 0.246 e. The molecule has 3 aromatic rings. The predicted molar refractivity (Wildman–Crippen MR) is 81.0 cm³/mol. The number of anilines is 1. The smallest absolute Gasteiger partial charge is 0.246 e. The second kappa shape index (κ2) is 5.77. The van der Waals surface area contributed by atoms with Gasteiger partial charge < -0.3 is 5.32 Å². The highest BCUT2D eigenvalue weighted by Crippen LogP contribution is 2.13.